The molecule has 1 heterocycles. The van der Waals surface area contributed by atoms with Crippen LogP contribution in [0.2, 0.25) is 0 Å². The fourth-order valence-corrected chi connectivity index (χ4v) is 3.64. The topological polar surface area (TPSA) is 72.2 Å². The first-order valence-corrected chi connectivity index (χ1v) is 9.86. The minimum atomic E-state index is -0.947. The maximum atomic E-state index is 13.3. The van der Waals surface area contributed by atoms with Crippen molar-refractivity contribution in [2.45, 2.75) is 46.1 Å². The molecule has 0 aliphatic carbocycles. The number of carboxylic acid groups (broad SMARTS) is 1. The van der Waals surface area contributed by atoms with E-state index in [2.05, 4.69) is 18.8 Å². The Morgan fingerprint density at radius 2 is 1.64 bits per heavy atom. The third kappa shape index (κ3) is 4.14. The zero-order valence-electron chi connectivity index (χ0n) is 16.4. The summed E-state index contributed by atoms with van der Waals surface area (Å²) in [6.07, 6.45) is 3.66. The molecule has 3 aromatic rings. The number of hydrogen-bond acceptors (Lipinski definition) is 3. The Balaban J connectivity index is 2.01. The van der Waals surface area contributed by atoms with E-state index >= 15 is 0 Å². The number of aromatic carboxylic acids is 1. The van der Waals surface area contributed by atoms with Gasteiger partial charge in [0.05, 0.1) is 16.6 Å². The van der Waals surface area contributed by atoms with Gasteiger partial charge < -0.3 is 9.67 Å². The highest BCUT2D eigenvalue weighted by Crippen LogP contribution is 2.24. The van der Waals surface area contributed by atoms with Gasteiger partial charge in [0, 0.05) is 12.5 Å². The lowest BCUT2D eigenvalue weighted by molar-refractivity contribution is 0.0696. The molecule has 0 spiro atoms. The van der Waals surface area contributed by atoms with Crippen molar-refractivity contribution in [1.29, 1.82) is 0 Å². The first-order chi connectivity index (χ1) is 13.5. The number of Topliss-reactive ketones (excluding diaryl/α,β-unsaturated/α-hetero) is 1. The van der Waals surface area contributed by atoms with Crippen LogP contribution in [0.5, 0.6) is 0 Å². The van der Waals surface area contributed by atoms with Crippen molar-refractivity contribution in [3.8, 4) is 0 Å². The lowest BCUT2D eigenvalue weighted by Crippen LogP contribution is -2.20. The lowest BCUT2D eigenvalue weighted by atomic mass is 9.93. The van der Waals surface area contributed by atoms with Gasteiger partial charge >= 0.3 is 5.97 Å². The van der Waals surface area contributed by atoms with E-state index in [1.807, 2.05) is 28.8 Å². The van der Waals surface area contributed by atoms with Crippen LogP contribution in [0.25, 0.3) is 11.0 Å². The van der Waals surface area contributed by atoms with Crippen molar-refractivity contribution < 1.29 is 14.7 Å². The summed E-state index contributed by atoms with van der Waals surface area (Å²) in [6.45, 7) is 4.68. The molecule has 0 bridgehead atoms. The van der Waals surface area contributed by atoms with Crippen LogP contribution in [0.1, 0.15) is 66.1 Å². The Morgan fingerprint density at radius 3 is 2.25 bits per heavy atom. The Hall–Kier alpha value is -2.95. The standard InChI is InChI=1S/C23H26N2O3/c1-3-7-17(8-4-2)21(26)22-24-19-9-5-6-10-20(19)25(22)15-16-11-13-18(14-12-16)23(27)28/h5-6,9-14,17H,3-4,7-8,15H2,1-2H3,(H,27,28). The summed E-state index contributed by atoms with van der Waals surface area (Å²) >= 11 is 0. The second-order valence-electron chi connectivity index (χ2n) is 7.15. The van der Waals surface area contributed by atoms with Crippen molar-refractivity contribution in [3.63, 3.8) is 0 Å². The number of hydrogen-bond donors (Lipinski definition) is 1. The molecule has 0 saturated carbocycles. The molecule has 1 N–H and O–H groups in total. The molecule has 0 aliphatic heterocycles. The first kappa shape index (κ1) is 19.8. The Labute approximate surface area is 165 Å². The number of carbonyl (C=O) groups excluding carboxylic acids is 1. The van der Waals surface area contributed by atoms with E-state index in [9.17, 15) is 9.59 Å². The minimum Gasteiger partial charge on any atom is -0.478 e. The molecule has 0 amide bonds. The quantitative estimate of drug-likeness (QED) is 0.521. The summed E-state index contributed by atoms with van der Waals surface area (Å²) < 4.78 is 1.96. The minimum absolute atomic E-state index is 0.0139. The number of fused-ring (bicyclic) bond motifs is 1. The molecule has 28 heavy (non-hydrogen) atoms. The SMILES string of the molecule is CCCC(CCC)C(=O)c1nc2ccccc2n1Cc1ccc(C(=O)O)cc1. The molecule has 0 radical (unpaired) electrons. The summed E-state index contributed by atoms with van der Waals surface area (Å²) in [6, 6.07) is 14.5. The molecular formula is C23H26N2O3. The number of imidazole rings is 1. The van der Waals surface area contributed by atoms with Gasteiger partial charge in [0.25, 0.3) is 0 Å². The van der Waals surface area contributed by atoms with E-state index in [-0.39, 0.29) is 17.3 Å². The van der Waals surface area contributed by atoms with Crippen molar-refractivity contribution in [2.24, 2.45) is 5.92 Å². The molecule has 5 heteroatoms. The molecule has 146 valence electrons. The van der Waals surface area contributed by atoms with Gasteiger partial charge in [-0.05, 0) is 42.7 Å². The number of carboxylic acids is 1. The average molecular weight is 378 g/mol. The number of aromatic nitrogens is 2. The zero-order chi connectivity index (χ0) is 20.1. The molecule has 2 aromatic carbocycles. The van der Waals surface area contributed by atoms with E-state index in [0.717, 1.165) is 42.3 Å². The molecule has 0 aliphatic rings. The first-order valence-electron chi connectivity index (χ1n) is 9.86. The van der Waals surface area contributed by atoms with Gasteiger partial charge in [-0.2, -0.15) is 0 Å². The van der Waals surface area contributed by atoms with Crippen LogP contribution in [-0.4, -0.2) is 26.4 Å². The highest BCUT2D eigenvalue weighted by Gasteiger charge is 2.24. The maximum absolute atomic E-state index is 13.3. The Morgan fingerprint density at radius 1 is 1.00 bits per heavy atom. The van der Waals surface area contributed by atoms with Crippen molar-refractivity contribution in [3.05, 3.63) is 65.5 Å². The second-order valence-corrected chi connectivity index (χ2v) is 7.15. The number of carbonyl (C=O) groups is 2. The molecular weight excluding hydrogens is 352 g/mol. The smallest absolute Gasteiger partial charge is 0.335 e. The summed E-state index contributed by atoms with van der Waals surface area (Å²) in [5.74, 6) is -0.366. The van der Waals surface area contributed by atoms with Crippen molar-refractivity contribution in [2.75, 3.05) is 0 Å². The Bertz CT molecular complexity index is 967. The Kier molecular flexibility index (Phi) is 6.24. The third-order valence-corrected chi connectivity index (χ3v) is 5.06. The molecule has 0 saturated heterocycles. The van der Waals surface area contributed by atoms with Crippen LogP contribution < -0.4 is 0 Å². The van der Waals surface area contributed by atoms with Gasteiger partial charge in [0.1, 0.15) is 0 Å². The molecule has 0 fully saturated rings. The zero-order valence-corrected chi connectivity index (χ0v) is 16.4. The van der Waals surface area contributed by atoms with Gasteiger partial charge in [-0.15, -0.1) is 0 Å². The van der Waals surface area contributed by atoms with E-state index in [4.69, 9.17) is 5.11 Å². The monoisotopic (exact) mass is 378 g/mol. The van der Waals surface area contributed by atoms with Gasteiger partial charge in [0.15, 0.2) is 5.82 Å². The predicted molar refractivity (Wildman–Crippen MR) is 110 cm³/mol. The highest BCUT2D eigenvalue weighted by atomic mass is 16.4. The highest BCUT2D eigenvalue weighted by molar-refractivity contribution is 5.98. The number of para-hydroxylation sites is 2. The van der Waals surface area contributed by atoms with E-state index in [0.29, 0.717) is 12.4 Å². The van der Waals surface area contributed by atoms with E-state index < -0.39 is 5.97 Å². The number of benzene rings is 2. The van der Waals surface area contributed by atoms with Crippen LogP contribution in [0.3, 0.4) is 0 Å². The van der Waals surface area contributed by atoms with Gasteiger partial charge in [-0.25, -0.2) is 9.78 Å². The van der Waals surface area contributed by atoms with Crippen LogP contribution >= 0.6 is 0 Å². The largest absolute Gasteiger partial charge is 0.478 e. The second kappa shape index (κ2) is 8.83. The summed E-state index contributed by atoms with van der Waals surface area (Å²) in [7, 11) is 0. The van der Waals surface area contributed by atoms with Crippen LogP contribution in [0, 0.1) is 5.92 Å². The number of ketones is 1. The molecule has 1 aromatic heterocycles. The normalized spacial score (nSPS) is 11.2. The maximum Gasteiger partial charge on any atom is 0.335 e. The predicted octanol–water partition coefficient (Wildman–Crippen LogP) is 5.18. The summed E-state index contributed by atoms with van der Waals surface area (Å²) in [4.78, 5) is 29.0. The molecule has 0 unspecified atom stereocenters. The lowest BCUT2D eigenvalue weighted by Gasteiger charge is -2.15. The fraction of sp³-hybridized carbons (Fsp3) is 0.348. The summed E-state index contributed by atoms with van der Waals surface area (Å²) in [5, 5.41) is 9.09. The number of nitrogens with zero attached hydrogens (tertiary/aromatic N) is 2. The van der Waals surface area contributed by atoms with E-state index in [1.165, 1.54) is 0 Å². The third-order valence-electron chi connectivity index (χ3n) is 5.06. The van der Waals surface area contributed by atoms with Crippen molar-refractivity contribution >= 4 is 22.8 Å². The van der Waals surface area contributed by atoms with E-state index in [1.54, 1.807) is 24.3 Å². The fourth-order valence-electron chi connectivity index (χ4n) is 3.64. The van der Waals surface area contributed by atoms with Crippen LogP contribution in [0.15, 0.2) is 48.5 Å². The van der Waals surface area contributed by atoms with Crippen molar-refractivity contribution in [1.82, 2.24) is 9.55 Å². The van der Waals surface area contributed by atoms with Crippen LogP contribution in [-0.2, 0) is 6.54 Å². The van der Waals surface area contributed by atoms with Gasteiger partial charge in [-0.3, -0.25) is 4.79 Å². The van der Waals surface area contributed by atoms with Crippen LogP contribution in [0.4, 0.5) is 0 Å². The average Bonchev–Trinajstić information content (AvgIpc) is 3.06. The molecule has 5 nitrogen and oxygen atoms in total. The molecule has 0 atom stereocenters. The molecule has 3 rings (SSSR count). The van der Waals surface area contributed by atoms with Gasteiger partial charge in [0.2, 0.25) is 5.78 Å². The number of rotatable bonds is 9. The van der Waals surface area contributed by atoms with Gasteiger partial charge in [-0.1, -0.05) is 51.0 Å². The summed E-state index contributed by atoms with van der Waals surface area (Å²) in [5.41, 5.74) is 2.91.